The summed E-state index contributed by atoms with van der Waals surface area (Å²) < 4.78 is 5.34. The minimum Gasteiger partial charge on any atom is -0.444 e. The van der Waals surface area contributed by atoms with Gasteiger partial charge in [-0.1, -0.05) is 13.0 Å². The molecule has 0 saturated carbocycles. The number of ether oxygens (including phenoxy) is 1. The number of nitrogens with one attached hydrogen (secondary N) is 1. The maximum absolute atomic E-state index is 13.0. The van der Waals surface area contributed by atoms with Crippen LogP contribution >= 0.6 is 0 Å². The molecular weight excluding hydrogens is 330 g/mol. The van der Waals surface area contributed by atoms with Crippen LogP contribution in [0.1, 0.15) is 52.5 Å². The molecule has 1 aromatic rings. The van der Waals surface area contributed by atoms with E-state index in [1.807, 2.05) is 37.8 Å². The third-order valence-electron chi connectivity index (χ3n) is 4.53. The summed E-state index contributed by atoms with van der Waals surface area (Å²) in [7, 11) is 0. The fourth-order valence-electron chi connectivity index (χ4n) is 3.01. The quantitative estimate of drug-likeness (QED) is 0.874. The largest absolute Gasteiger partial charge is 0.444 e. The van der Waals surface area contributed by atoms with Crippen molar-refractivity contribution in [2.75, 3.05) is 13.1 Å². The number of hydrogen-bond donors (Lipinski definition) is 1. The zero-order valence-electron chi connectivity index (χ0n) is 16.3. The van der Waals surface area contributed by atoms with E-state index in [0.717, 1.165) is 31.5 Å². The normalized spacial score (nSPS) is 16.8. The average molecular weight is 361 g/mol. The Morgan fingerprint density at radius 2 is 2.04 bits per heavy atom. The number of hydrogen-bond acceptors (Lipinski definition) is 4. The minimum atomic E-state index is -0.596. The molecular formula is C20H31N3O3. The molecule has 26 heavy (non-hydrogen) atoms. The van der Waals surface area contributed by atoms with Crippen LogP contribution in [0.4, 0.5) is 4.79 Å². The molecule has 1 aliphatic heterocycles. The number of alkyl carbamates (subject to hydrolysis) is 1. The van der Waals surface area contributed by atoms with Crippen LogP contribution in [0, 0.1) is 5.92 Å². The van der Waals surface area contributed by atoms with Crippen molar-refractivity contribution < 1.29 is 14.3 Å². The number of amides is 2. The van der Waals surface area contributed by atoms with Crippen LogP contribution < -0.4 is 5.32 Å². The Labute approximate surface area is 156 Å². The number of aromatic nitrogens is 1. The number of carbonyl (C=O) groups is 2. The van der Waals surface area contributed by atoms with E-state index in [4.69, 9.17) is 4.74 Å². The lowest BCUT2D eigenvalue weighted by molar-refractivity contribution is -0.135. The average Bonchev–Trinajstić information content (AvgIpc) is 2.58. The van der Waals surface area contributed by atoms with Crippen molar-refractivity contribution in [3.63, 3.8) is 0 Å². The van der Waals surface area contributed by atoms with E-state index < -0.39 is 17.7 Å². The Kier molecular flexibility index (Phi) is 7.00. The van der Waals surface area contributed by atoms with Crippen molar-refractivity contribution in [3.8, 4) is 0 Å². The second-order valence-electron chi connectivity index (χ2n) is 8.11. The second kappa shape index (κ2) is 9.01. The Hall–Kier alpha value is -2.11. The van der Waals surface area contributed by atoms with Gasteiger partial charge in [-0.2, -0.15) is 0 Å². The molecule has 1 unspecified atom stereocenters. The molecule has 6 nitrogen and oxygen atoms in total. The monoisotopic (exact) mass is 361 g/mol. The summed E-state index contributed by atoms with van der Waals surface area (Å²) in [5, 5.41) is 2.78. The predicted octanol–water partition coefficient (Wildman–Crippen LogP) is 3.17. The van der Waals surface area contributed by atoms with E-state index in [0.29, 0.717) is 18.8 Å². The number of nitrogens with zero attached hydrogens (tertiary/aromatic N) is 2. The first kappa shape index (κ1) is 20.2. The van der Waals surface area contributed by atoms with Crippen molar-refractivity contribution >= 4 is 12.0 Å². The first-order valence-electron chi connectivity index (χ1n) is 9.42. The zero-order chi connectivity index (χ0) is 19.2. The van der Waals surface area contributed by atoms with Crippen molar-refractivity contribution in [2.24, 2.45) is 5.92 Å². The topological polar surface area (TPSA) is 71.5 Å². The minimum absolute atomic E-state index is 0.0216. The maximum Gasteiger partial charge on any atom is 0.408 e. The van der Waals surface area contributed by atoms with Crippen molar-refractivity contribution in [1.82, 2.24) is 15.2 Å². The van der Waals surface area contributed by atoms with E-state index in [1.165, 1.54) is 0 Å². The van der Waals surface area contributed by atoms with Crippen LogP contribution in [0.15, 0.2) is 24.5 Å². The lowest BCUT2D eigenvalue weighted by Gasteiger charge is -2.33. The van der Waals surface area contributed by atoms with Crippen LogP contribution in [0.5, 0.6) is 0 Å². The zero-order valence-corrected chi connectivity index (χ0v) is 16.3. The van der Waals surface area contributed by atoms with Gasteiger partial charge in [0.1, 0.15) is 11.6 Å². The highest BCUT2D eigenvalue weighted by molar-refractivity contribution is 5.85. The molecule has 1 fully saturated rings. The van der Waals surface area contributed by atoms with E-state index in [2.05, 4.69) is 17.2 Å². The Morgan fingerprint density at radius 3 is 2.62 bits per heavy atom. The van der Waals surface area contributed by atoms with Gasteiger partial charge in [0.25, 0.3) is 0 Å². The lowest BCUT2D eigenvalue weighted by Crippen LogP contribution is -2.51. The van der Waals surface area contributed by atoms with Gasteiger partial charge < -0.3 is 15.0 Å². The number of piperidine rings is 1. The molecule has 0 aliphatic carbocycles. The van der Waals surface area contributed by atoms with Gasteiger partial charge in [-0.3, -0.25) is 9.78 Å². The molecule has 0 radical (unpaired) electrons. The van der Waals surface area contributed by atoms with Crippen LogP contribution in [-0.4, -0.2) is 46.6 Å². The first-order valence-corrected chi connectivity index (χ1v) is 9.42. The van der Waals surface area contributed by atoms with Gasteiger partial charge in [-0.25, -0.2) is 4.79 Å². The van der Waals surface area contributed by atoms with Crippen molar-refractivity contribution in [3.05, 3.63) is 30.1 Å². The molecule has 1 N–H and O–H groups in total. The third kappa shape index (κ3) is 6.65. The van der Waals surface area contributed by atoms with Gasteiger partial charge in [0.15, 0.2) is 0 Å². The molecule has 2 amide bonds. The molecule has 2 heterocycles. The van der Waals surface area contributed by atoms with Gasteiger partial charge in [0.2, 0.25) is 5.91 Å². The molecule has 0 spiro atoms. The summed E-state index contributed by atoms with van der Waals surface area (Å²) in [6.07, 6.45) is 6.17. The molecule has 144 valence electrons. The van der Waals surface area contributed by atoms with Crippen LogP contribution in [0.2, 0.25) is 0 Å². The summed E-state index contributed by atoms with van der Waals surface area (Å²) in [6.45, 7) is 9.14. The van der Waals surface area contributed by atoms with Crippen LogP contribution in [0.25, 0.3) is 0 Å². The van der Waals surface area contributed by atoms with Gasteiger partial charge in [0, 0.05) is 25.5 Å². The summed E-state index contributed by atoms with van der Waals surface area (Å²) >= 11 is 0. The Morgan fingerprint density at radius 1 is 1.35 bits per heavy atom. The molecule has 1 atom stereocenters. The summed E-state index contributed by atoms with van der Waals surface area (Å²) in [5.74, 6) is 0.623. The number of aryl methyl sites for hydroxylation is 1. The molecule has 0 bridgehead atoms. The molecule has 2 rings (SSSR count). The smallest absolute Gasteiger partial charge is 0.408 e. The fraction of sp³-hybridized carbons (Fsp3) is 0.650. The van der Waals surface area contributed by atoms with Gasteiger partial charge >= 0.3 is 6.09 Å². The summed E-state index contributed by atoms with van der Waals surface area (Å²) in [4.78, 5) is 31.1. The summed E-state index contributed by atoms with van der Waals surface area (Å²) in [5.41, 5.74) is 0.449. The Balaban J connectivity index is 2.02. The highest BCUT2D eigenvalue weighted by Gasteiger charge is 2.29. The first-order chi connectivity index (χ1) is 12.2. The number of carbonyl (C=O) groups excluding carboxylic acids is 2. The molecule has 0 aromatic carbocycles. The lowest BCUT2D eigenvalue weighted by atomic mass is 9.98. The standard InChI is InChI=1S/C20H31N3O3/c1-15-9-12-23(13-10-15)18(24)17(22-19(25)26-20(2,3)4)8-7-16-6-5-11-21-14-16/h5-6,11,14-15,17H,7-10,12-13H2,1-4H3,(H,22,25). The van der Waals surface area contributed by atoms with Crippen molar-refractivity contribution in [2.45, 2.75) is 65.0 Å². The fourth-order valence-corrected chi connectivity index (χ4v) is 3.01. The number of likely N-dealkylation sites (tertiary alicyclic amines) is 1. The summed E-state index contributed by atoms with van der Waals surface area (Å²) in [6, 6.07) is 3.27. The van der Waals surface area contributed by atoms with E-state index >= 15 is 0 Å². The van der Waals surface area contributed by atoms with Gasteiger partial charge in [-0.15, -0.1) is 0 Å². The van der Waals surface area contributed by atoms with Crippen molar-refractivity contribution in [1.29, 1.82) is 0 Å². The highest BCUT2D eigenvalue weighted by atomic mass is 16.6. The number of pyridine rings is 1. The van der Waals surface area contributed by atoms with E-state index in [-0.39, 0.29) is 5.91 Å². The highest BCUT2D eigenvalue weighted by Crippen LogP contribution is 2.18. The number of rotatable bonds is 5. The third-order valence-corrected chi connectivity index (χ3v) is 4.53. The second-order valence-corrected chi connectivity index (χ2v) is 8.11. The van der Waals surface area contributed by atoms with Crippen LogP contribution in [0.3, 0.4) is 0 Å². The van der Waals surface area contributed by atoms with E-state index in [9.17, 15) is 9.59 Å². The SMILES string of the molecule is CC1CCN(C(=O)C(CCc2cccnc2)NC(=O)OC(C)(C)C)CC1. The molecule has 6 heteroatoms. The molecule has 1 aliphatic rings. The maximum atomic E-state index is 13.0. The predicted molar refractivity (Wildman–Crippen MR) is 101 cm³/mol. The molecule has 1 aromatic heterocycles. The van der Waals surface area contributed by atoms with Gasteiger partial charge in [-0.05, 0) is 64.0 Å². The molecule has 1 saturated heterocycles. The van der Waals surface area contributed by atoms with Crippen LogP contribution in [-0.2, 0) is 16.0 Å². The Bertz CT molecular complexity index is 590. The van der Waals surface area contributed by atoms with E-state index in [1.54, 1.807) is 12.4 Å². The van der Waals surface area contributed by atoms with Gasteiger partial charge in [0.05, 0.1) is 0 Å².